The van der Waals surface area contributed by atoms with Crippen molar-refractivity contribution < 1.29 is 13.9 Å². The fraction of sp³-hybridized carbons (Fsp3) is 0.267. The average Bonchev–Trinajstić information content (AvgIpc) is 3.21. The third-order valence-corrected chi connectivity index (χ3v) is 6.55. The van der Waals surface area contributed by atoms with Gasteiger partial charge in [0, 0.05) is 16.5 Å². The van der Waals surface area contributed by atoms with Crippen molar-refractivity contribution in [1.29, 1.82) is 5.26 Å². The normalized spacial score (nSPS) is 14.7. The van der Waals surface area contributed by atoms with Crippen molar-refractivity contribution >= 4 is 17.1 Å². The van der Waals surface area contributed by atoms with Crippen molar-refractivity contribution in [3.8, 4) is 28.5 Å². The zero-order valence-electron chi connectivity index (χ0n) is 20.2. The van der Waals surface area contributed by atoms with Gasteiger partial charge in [0.05, 0.1) is 11.1 Å². The molecule has 1 N–H and O–H groups in total. The van der Waals surface area contributed by atoms with Crippen LogP contribution in [0.3, 0.4) is 0 Å². The first-order chi connectivity index (χ1) is 16.8. The Morgan fingerprint density at radius 3 is 2.29 bits per heavy atom. The summed E-state index contributed by atoms with van der Waals surface area (Å²) in [5.41, 5.74) is 4.11. The summed E-state index contributed by atoms with van der Waals surface area (Å²) in [5, 5.41) is 13.7. The Kier molecular flexibility index (Phi) is 5.61. The number of rotatable bonds is 4. The van der Waals surface area contributed by atoms with E-state index >= 15 is 0 Å². The van der Waals surface area contributed by atoms with Gasteiger partial charge in [-0.1, -0.05) is 66.7 Å². The number of furan rings is 1. The van der Waals surface area contributed by atoms with E-state index in [9.17, 15) is 10.1 Å². The molecule has 176 valence electrons. The second kappa shape index (κ2) is 8.63. The highest BCUT2D eigenvalue weighted by molar-refractivity contribution is 6.03. The van der Waals surface area contributed by atoms with Crippen LogP contribution in [0.4, 0.5) is 4.79 Å². The number of hydrogen-bond donors (Lipinski definition) is 1. The van der Waals surface area contributed by atoms with Gasteiger partial charge in [-0.3, -0.25) is 0 Å². The van der Waals surface area contributed by atoms with Crippen molar-refractivity contribution in [2.75, 3.05) is 0 Å². The number of para-hydroxylation sites is 1. The van der Waals surface area contributed by atoms with Gasteiger partial charge < -0.3 is 14.5 Å². The van der Waals surface area contributed by atoms with Crippen LogP contribution < -0.4 is 5.32 Å². The summed E-state index contributed by atoms with van der Waals surface area (Å²) in [6.07, 6.45) is 2.40. The number of benzene rings is 3. The number of fused-ring (bicyclic) bond motifs is 1. The van der Waals surface area contributed by atoms with Crippen LogP contribution in [0.1, 0.15) is 51.2 Å². The Bertz CT molecular complexity index is 1420. The molecule has 1 amide bonds. The van der Waals surface area contributed by atoms with E-state index in [1.165, 1.54) is 0 Å². The Morgan fingerprint density at radius 2 is 1.69 bits per heavy atom. The largest absolute Gasteiger partial charge is 0.454 e. The fourth-order valence-corrected chi connectivity index (χ4v) is 4.76. The second-order valence-corrected chi connectivity index (χ2v) is 10.1. The molecule has 1 aliphatic rings. The Morgan fingerprint density at radius 1 is 0.971 bits per heavy atom. The predicted octanol–water partition coefficient (Wildman–Crippen LogP) is 7.54. The van der Waals surface area contributed by atoms with Crippen LogP contribution in [-0.2, 0) is 10.3 Å². The zero-order chi connectivity index (χ0) is 24.6. The molecule has 1 fully saturated rings. The summed E-state index contributed by atoms with van der Waals surface area (Å²) in [5.74, 6) is 0.725. The standard InChI is InChI=1S/C30H28N2O3/c1-29(2,3)35-28(33)32-30(17-8-18-30)23-15-13-21(14-16-23)27-25(20-9-5-4-6-10-20)24-12-7-11-22(19-31)26(24)34-27/h4-7,9-16H,8,17-18H2,1-3H3,(H,32,33). The quantitative estimate of drug-likeness (QED) is 0.338. The van der Waals surface area contributed by atoms with Crippen molar-refractivity contribution in [2.24, 2.45) is 0 Å². The number of alkyl carbamates (subject to hydrolysis) is 1. The number of ether oxygens (including phenoxy) is 1. The van der Waals surface area contributed by atoms with E-state index in [4.69, 9.17) is 9.15 Å². The maximum absolute atomic E-state index is 12.5. The molecule has 0 bridgehead atoms. The van der Waals surface area contributed by atoms with Crippen molar-refractivity contribution in [3.05, 3.63) is 83.9 Å². The summed E-state index contributed by atoms with van der Waals surface area (Å²) in [7, 11) is 0. The minimum atomic E-state index is -0.545. The third-order valence-electron chi connectivity index (χ3n) is 6.55. The lowest BCUT2D eigenvalue weighted by Gasteiger charge is -2.43. The Hall–Kier alpha value is -4.04. The lowest BCUT2D eigenvalue weighted by atomic mass is 9.71. The molecule has 5 rings (SSSR count). The molecule has 0 unspecified atom stereocenters. The number of nitriles is 1. The zero-order valence-corrected chi connectivity index (χ0v) is 20.2. The molecule has 0 spiro atoms. The molecule has 0 saturated heterocycles. The Balaban J connectivity index is 1.54. The molecule has 1 aromatic heterocycles. The van der Waals surface area contributed by atoms with Crippen LogP contribution >= 0.6 is 0 Å². The van der Waals surface area contributed by atoms with Crippen LogP contribution in [0.5, 0.6) is 0 Å². The molecule has 5 nitrogen and oxygen atoms in total. The molecule has 5 heteroatoms. The number of carbonyl (C=O) groups excluding carboxylic acids is 1. The van der Waals surface area contributed by atoms with E-state index in [1.54, 1.807) is 6.07 Å². The topological polar surface area (TPSA) is 75.3 Å². The van der Waals surface area contributed by atoms with Crippen LogP contribution in [0.2, 0.25) is 0 Å². The molecule has 1 saturated carbocycles. The van der Waals surface area contributed by atoms with Crippen LogP contribution in [0.15, 0.2) is 77.2 Å². The van der Waals surface area contributed by atoms with Crippen molar-refractivity contribution in [2.45, 2.75) is 51.2 Å². The van der Waals surface area contributed by atoms with Crippen molar-refractivity contribution in [1.82, 2.24) is 5.32 Å². The highest BCUT2D eigenvalue weighted by atomic mass is 16.6. The Labute approximate surface area is 205 Å². The molecule has 0 atom stereocenters. The SMILES string of the molecule is CC(C)(C)OC(=O)NC1(c2ccc(-c3oc4c(C#N)cccc4c3-c3ccccc3)cc2)CCC1. The van der Waals surface area contributed by atoms with Crippen molar-refractivity contribution in [3.63, 3.8) is 0 Å². The lowest BCUT2D eigenvalue weighted by Crippen LogP contribution is -2.52. The number of carbonyl (C=O) groups is 1. The molecule has 1 heterocycles. The highest BCUT2D eigenvalue weighted by Gasteiger charge is 2.41. The number of amides is 1. The minimum absolute atomic E-state index is 0.394. The smallest absolute Gasteiger partial charge is 0.408 e. The fourth-order valence-electron chi connectivity index (χ4n) is 4.76. The number of nitrogens with zero attached hydrogens (tertiary/aromatic N) is 1. The van der Waals surface area contributed by atoms with E-state index in [1.807, 2.05) is 63.2 Å². The first-order valence-corrected chi connectivity index (χ1v) is 11.9. The summed E-state index contributed by atoms with van der Waals surface area (Å²) >= 11 is 0. The third kappa shape index (κ3) is 4.28. The summed E-state index contributed by atoms with van der Waals surface area (Å²) < 4.78 is 11.8. The van der Waals surface area contributed by atoms with E-state index in [2.05, 4.69) is 35.7 Å². The maximum Gasteiger partial charge on any atom is 0.408 e. The molecule has 0 radical (unpaired) electrons. The van der Waals surface area contributed by atoms with E-state index in [0.29, 0.717) is 11.1 Å². The lowest BCUT2D eigenvalue weighted by molar-refractivity contribution is 0.0377. The van der Waals surface area contributed by atoms with Crippen LogP contribution in [-0.4, -0.2) is 11.7 Å². The van der Waals surface area contributed by atoms with Gasteiger partial charge in [0.1, 0.15) is 17.4 Å². The number of hydrogen-bond acceptors (Lipinski definition) is 4. The molecular formula is C30H28N2O3. The highest BCUT2D eigenvalue weighted by Crippen LogP contribution is 2.44. The monoisotopic (exact) mass is 464 g/mol. The summed E-state index contributed by atoms with van der Waals surface area (Å²) in [6, 6.07) is 26.2. The molecule has 3 aromatic carbocycles. The second-order valence-electron chi connectivity index (χ2n) is 10.1. The molecule has 35 heavy (non-hydrogen) atoms. The predicted molar refractivity (Wildman–Crippen MR) is 137 cm³/mol. The maximum atomic E-state index is 12.5. The molecule has 4 aromatic rings. The first-order valence-electron chi connectivity index (χ1n) is 11.9. The van der Waals surface area contributed by atoms with E-state index < -0.39 is 17.2 Å². The minimum Gasteiger partial charge on any atom is -0.454 e. The van der Waals surface area contributed by atoms with Gasteiger partial charge in [0.25, 0.3) is 0 Å². The average molecular weight is 465 g/mol. The first kappa shape index (κ1) is 22.7. The van der Waals surface area contributed by atoms with E-state index in [0.717, 1.165) is 52.7 Å². The summed E-state index contributed by atoms with van der Waals surface area (Å²) in [6.45, 7) is 5.60. The van der Waals surface area contributed by atoms with Crippen LogP contribution in [0, 0.1) is 11.3 Å². The molecular weight excluding hydrogens is 436 g/mol. The van der Waals surface area contributed by atoms with Gasteiger partial charge >= 0.3 is 6.09 Å². The van der Waals surface area contributed by atoms with Gasteiger partial charge in [-0.2, -0.15) is 5.26 Å². The summed E-state index contributed by atoms with van der Waals surface area (Å²) in [4.78, 5) is 12.5. The van der Waals surface area contributed by atoms with Gasteiger partial charge in [-0.05, 0) is 57.2 Å². The molecule has 0 aliphatic heterocycles. The van der Waals surface area contributed by atoms with Gasteiger partial charge in [0.15, 0.2) is 5.58 Å². The van der Waals surface area contributed by atoms with Crippen LogP contribution in [0.25, 0.3) is 33.4 Å². The van der Waals surface area contributed by atoms with Gasteiger partial charge in [0.2, 0.25) is 0 Å². The number of nitrogens with one attached hydrogen (secondary N) is 1. The van der Waals surface area contributed by atoms with Gasteiger partial charge in [-0.25, -0.2) is 4.79 Å². The molecule has 1 aliphatic carbocycles. The van der Waals surface area contributed by atoms with Gasteiger partial charge in [-0.15, -0.1) is 0 Å². The van der Waals surface area contributed by atoms with E-state index in [-0.39, 0.29) is 0 Å².